The maximum atomic E-state index is 12.6. The molecule has 0 bridgehead atoms. The van der Waals surface area contributed by atoms with Gasteiger partial charge in [0.25, 0.3) is 0 Å². The van der Waals surface area contributed by atoms with Crippen molar-refractivity contribution in [2.75, 3.05) is 63.9 Å². The monoisotopic (exact) mass is 519 g/mol. The molecule has 29 heavy (non-hydrogen) atoms. The van der Waals surface area contributed by atoms with Crippen LogP contribution in [0.4, 0.5) is 5.69 Å². The molecule has 1 aromatic heterocycles. The van der Waals surface area contributed by atoms with Crippen molar-refractivity contribution in [3.63, 3.8) is 0 Å². The predicted octanol–water partition coefficient (Wildman–Crippen LogP) is -0.0989. The van der Waals surface area contributed by atoms with E-state index in [1.54, 1.807) is 15.8 Å². The van der Waals surface area contributed by atoms with Crippen LogP contribution in [0, 0.1) is 0 Å². The predicted molar refractivity (Wildman–Crippen MR) is 121 cm³/mol. The highest BCUT2D eigenvalue weighted by molar-refractivity contribution is 14.0. The molecule has 2 fully saturated rings. The molecule has 162 valence electrons. The standard InChI is InChI=1S/C18H29N7O3.HI/c1-3-19-18(20-5-4-16(26)23-8-10-28-11-9-23)24-6-7-25(17(27)14-24)15-12-21-22(2)13-15;/h12-13H,3-11,14H2,1-2H3,(H,19,20);1H. The number of aromatic nitrogens is 2. The molecule has 2 saturated heterocycles. The number of halogens is 1. The van der Waals surface area contributed by atoms with Crippen LogP contribution in [-0.4, -0.2) is 96.4 Å². The van der Waals surface area contributed by atoms with Crippen molar-refractivity contribution >= 4 is 47.4 Å². The first-order chi connectivity index (χ1) is 13.6. The Hall–Kier alpha value is -1.89. The summed E-state index contributed by atoms with van der Waals surface area (Å²) in [4.78, 5) is 35.0. The van der Waals surface area contributed by atoms with E-state index in [1.165, 1.54) is 0 Å². The fourth-order valence-corrected chi connectivity index (χ4v) is 3.33. The summed E-state index contributed by atoms with van der Waals surface area (Å²) in [7, 11) is 1.83. The van der Waals surface area contributed by atoms with Gasteiger partial charge >= 0.3 is 0 Å². The molecule has 10 nitrogen and oxygen atoms in total. The Balaban J connectivity index is 0.00000300. The lowest BCUT2D eigenvalue weighted by atomic mass is 10.3. The molecule has 2 amide bonds. The molecule has 11 heteroatoms. The van der Waals surface area contributed by atoms with Crippen molar-refractivity contribution in [2.45, 2.75) is 13.3 Å². The SMILES string of the molecule is CCNC(=NCCC(=O)N1CCOCC1)N1CCN(c2cnn(C)c2)C(=O)C1.I. The Labute approximate surface area is 188 Å². The van der Waals surface area contributed by atoms with Crippen LogP contribution in [-0.2, 0) is 21.4 Å². The lowest BCUT2D eigenvalue weighted by Gasteiger charge is -2.35. The molecular formula is C18H30IN7O3. The molecule has 0 unspecified atom stereocenters. The summed E-state index contributed by atoms with van der Waals surface area (Å²) in [5.41, 5.74) is 0.810. The maximum absolute atomic E-state index is 12.6. The zero-order chi connectivity index (χ0) is 19.9. The van der Waals surface area contributed by atoms with Crippen LogP contribution < -0.4 is 10.2 Å². The molecule has 1 N–H and O–H groups in total. The molecule has 0 atom stereocenters. The van der Waals surface area contributed by atoms with Crippen molar-refractivity contribution in [3.8, 4) is 0 Å². The van der Waals surface area contributed by atoms with E-state index in [0.717, 1.165) is 5.69 Å². The number of guanidine groups is 1. The lowest BCUT2D eigenvalue weighted by molar-refractivity contribution is -0.135. The summed E-state index contributed by atoms with van der Waals surface area (Å²) in [6.45, 7) is 7.07. The smallest absolute Gasteiger partial charge is 0.246 e. The number of ether oxygens (including phenoxy) is 1. The molecular weight excluding hydrogens is 489 g/mol. The average Bonchev–Trinajstić information content (AvgIpc) is 3.13. The van der Waals surface area contributed by atoms with Gasteiger partial charge in [0.05, 0.1) is 31.6 Å². The first-order valence-corrected chi connectivity index (χ1v) is 9.76. The number of aryl methyl sites for hydroxylation is 1. The van der Waals surface area contributed by atoms with Gasteiger partial charge in [-0.05, 0) is 6.92 Å². The van der Waals surface area contributed by atoms with Gasteiger partial charge in [-0.25, -0.2) is 0 Å². The summed E-state index contributed by atoms with van der Waals surface area (Å²) in [6.07, 6.45) is 3.90. The number of anilines is 1. The normalized spacial score (nSPS) is 17.9. The van der Waals surface area contributed by atoms with E-state index in [1.807, 2.05) is 30.0 Å². The van der Waals surface area contributed by atoms with Gasteiger partial charge in [-0.2, -0.15) is 5.10 Å². The zero-order valence-electron chi connectivity index (χ0n) is 17.0. The van der Waals surface area contributed by atoms with E-state index in [9.17, 15) is 9.59 Å². The summed E-state index contributed by atoms with van der Waals surface area (Å²) >= 11 is 0. The van der Waals surface area contributed by atoms with Crippen LogP contribution in [0.25, 0.3) is 0 Å². The Morgan fingerprint density at radius 3 is 2.62 bits per heavy atom. The Kier molecular flexibility index (Phi) is 9.14. The second kappa shape index (κ2) is 11.3. The number of amides is 2. The van der Waals surface area contributed by atoms with Crippen molar-refractivity contribution in [2.24, 2.45) is 12.0 Å². The number of aliphatic imine (C=N–C) groups is 1. The van der Waals surface area contributed by atoms with E-state index in [4.69, 9.17) is 4.74 Å². The topological polar surface area (TPSA) is 95.3 Å². The zero-order valence-corrected chi connectivity index (χ0v) is 19.4. The Morgan fingerprint density at radius 1 is 1.24 bits per heavy atom. The van der Waals surface area contributed by atoms with Crippen LogP contribution in [0.1, 0.15) is 13.3 Å². The number of morpholine rings is 1. The van der Waals surface area contributed by atoms with Crippen molar-refractivity contribution in [3.05, 3.63) is 12.4 Å². The summed E-state index contributed by atoms with van der Waals surface area (Å²) in [5.74, 6) is 0.783. The van der Waals surface area contributed by atoms with Crippen LogP contribution in [0.5, 0.6) is 0 Å². The van der Waals surface area contributed by atoms with Gasteiger partial charge in [0.15, 0.2) is 5.96 Å². The third-order valence-corrected chi connectivity index (χ3v) is 4.81. The third-order valence-electron chi connectivity index (χ3n) is 4.81. The molecule has 0 aromatic carbocycles. The second-order valence-corrected chi connectivity index (χ2v) is 6.82. The van der Waals surface area contributed by atoms with E-state index in [2.05, 4.69) is 15.4 Å². The van der Waals surface area contributed by atoms with Crippen LogP contribution >= 0.6 is 24.0 Å². The van der Waals surface area contributed by atoms with Gasteiger partial charge in [-0.3, -0.25) is 19.3 Å². The summed E-state index contributed by atoms with van der Waals surface area (Å²) < 4.78 is 6.96. The van der Waals surface area contributed by atoms with E-state index in [0.29, 0.717) is 64.9 Å². The molecule has 0 saturated carbocycles. The fourth-order valence-electron chi connectivity index (χ4n) is 3.33. The number of hydrogen-bond acceptors (Lipinski definition) is 5. The van der Waals surface area contributed by atoms with E-state index in [-0.39, 0.29) is 42.3 Å². The van der Waals surface area contributed by atoms with Gasteiger partial charge in [-0.15, -0.1) is 24.0 Å². The van der Waals surface area contributed by atoms with Crippen molar-refractivity contribution in [1.82, 2.24) is 24.9 Å². The molecule has 2 aliphatic heterocycles. The van der Waals surface area contributed by atoms with E-state index < -0.39 is 0 Å². The highest BCUT2D eigenvalue weighted by Gasteiger charge is 2.27. The van der Waals surface area contributed by atoms with Gasteiger partial charge in [0, 0.05) is 52.4 Å². The highest BCUT2D eigenvalue weighted by Crippen LogP contribution is 2.16. The number of carbonyl (C=O) groups is 2. The first-order valence-electron chi connectivity index (χ1n) is 9.76. The largest absolute Gasteiger partial charge is 0.378 e. The first kappa shape index (κ1) is 23.4. The Bertz CT molecular complexity index is 718. The summed E-state index contributed by atoms with van der Waals surface area (Å²) in [6, 6.07) is 0. The minimum absolute atomic E-state index is 0. The fraction of sp³-hybridized carbons (Fsp3) is 0.667. The lowest BCUT2D eigenvalue weighted by Crippen LogP contribution is -2.55. The maximum Gasteiger partial charge on any atom is 0.246 e. The Morgan fingerprint density at radius 2 is 2.00 bits per heavy atom. The molecule has 0 radical (unpaired) electrons. The summed E-state index contributed by atoms with van der Waals surface area (Å²) in [5, 5.41) is 7.36. The number of rotatable bonds is 5. The van der Waals surface area contributed by atoms with Gasteiger partial charge in [0.1, 0.15) is 6.54 Å². The molecule has 0 aliphatic carbocycles. The number of carbonyl (C=O) groups excluding carboxylic acids is 2. The van der Waals surface area contributed by atoms with Crippen LogP contribution in [0.15, 0.2) is 17.4 Å². The van der Waals surface area contributed by atoms with Crippen LogP contribution in [0.2, 0.25) is 0 Å². The quantitative estimate of drug-likeness (QED) is 0.332. The van der Waals surface area contributed by atoms with E-state index >= 15 is 0 Å². The second-order valence-electron chi connectivity index (χ2n) is 6.82. The van der Waals surface area contributed by atoms with Crippen LogP contribution in [0.3, 0.4) is 0 Å². The molecule has 3 heterocycles. The minimum Gasteiger partial charge on any atom is -0.378 e. The van der Waals surface area contributed by atoms with Gasteiger partial charge in [0.2, 0.25) is 11.8 Å². The third kappa shape index (κ3) is 6.29. The molecule has 3 rings (SSSR count). The molecule has 0 spiro atoms. The van der Waals surface area contributed by atoms with Crippen molar-refractivity contribution < 1.29 is 14.3 Å². The molecule has 1 aromatic rings. The number of hydrogen-bond donors (Lipinski definition) is 1. The van der Waals surface area contributed by atoms with Gasteiger partial charge < -0.3 is 24.8 Å². The minimum atomic E-state index is 0. The average molecular weight is 519 g/mol. The van der Waals surface area contributed by atoms with Gasteiger partial charge in [-0.1, -0.05) is 0 Å². The highest BCUT2D eigenvalue weighted by atomic mass is 127. The van der Waals surface area contributed by atoms with Crippen molar-refractivity contribution in [1.29, 1.82) is 0 Å². The number of piperazine rings is 1. The number of nitrogens with zero attached hydrogens (tertiary/aromatic N) is 6. The molecule has 2 aliphatic rings. The number of nitrogens with one attached hydrogen (secondary N) is 1.